The van der Waals surface area contributed by atoms with Crippen LogP contribution in [0.1, 0.15) is 0 Å². The molecule has 3 aromatic heterocycles. The SMILES string of the molecule is c1ccc(-n2c3ccccc3c3cc(-c4ccc5c(c4)c4c6ccccc6ccc4n5-c4ccc5c6c(cccc46)-c4cnccc4-5)ccc32)cc1. The van der Waals surface area contributed by atoms with Crippen LogP contribution in [0.2, 0.25) is 0 Å². The van der Waals surface area contributed by atoms with Gasteiger partial charge in [0.25, 0.3) is 0 Å². The second kappa shape index (κ2) is 10.3. The number of benzene rings is 8. The minimum Gasteiger partial charge on any atom is -0.309 e. The third-order valence-electron chi connectivity index (χ3n) is 11.3. The molecule has 0 unspecified atom stereocenters. The Balaban J connectivity index is 1.13. The number of aromatic nitrogens is 3. The fourth-order valence-electron chi connectivity index (χ4n) is 9.12. The maximum Gasteiger partial charge on any atom is 0.0547 e. The minimum absolute atomic E-state index is 1.17. The second-order valence-electron chi connectivity index (χ2n) is 13.9. The van der Waals surface area contributed by atoms with Gasteiger partial charge in [-0.2, -0.15) is 0 Å². The molecule has 1 aliphatic rings. The molecule has 240 valence electrons. The normalized spacial score (nSPS) is 12.2. The summed E-state index contributed by atoms with van der Waals surface area (Å²) in [5, 5.41) is 10.1. The molecule has 8 aromatic carbocycles. The second-order valence-corrected chi connectivity index (χ2v) is 13.9. The van der Waals surface area contributed by atoms with E-state index >= 15 is 0 Å². The Morgan fingerprint density at radius 1 is 0.365 bits per heavy atom. The van der Waals surface area contributed by atoms with Gasteiger partial charge in [0.1, 0.15) is 0 Å². The lowest BCUT2D eigenvalue weighted by atomic mass is 9.99. The first-order valence-electron chi connectivity index (χ1n) is 17.9. The summed E-state index contributed by atoms with van der Waals surface area (Å²) in [4.78, 5) is 4.48. The van der Waals surface area contributed by atoms with Crippen LogP contribution < -0.4 is 0 Å². The number of para-hydroxylation sites is 2. The van der Waals surface area contributed by atoms with Crippen molar-refractivity contribution in [3.63, 3.8) is 0 Å². The molecule has 0 saturated heterocycles. The Morgan fingerprint density at radius 3 is 1.94 bits per heavy atom. The number of fused-ring (bicyclic) bond motifs is 11. The van der Waals surface area contributed by atoms with Crippen molar-refractivity contribution in [1.82, 2.24) is 14.1 Å². The minimum atomic E-state index is 1.17. The lowest BCUT2D eigenvalue weighted by molar-refractivity contribution is 1.18. The Hall–Kier alpha value is -6.97. The molecule has 0 spiro atoms. The van der Waals surface area contributed by atoms with E-state index in [9.17, 15) is 0 Å². The first-order valence-corrected chi connectivity index (χ1v) is 17.9. The van der Waals surface area contributed by atoms with Crippen LogP contribution in [-0.2, 0) is 0 Å². The van der Waals surface area contributed by atoms with Crippen LogP contribution in [0, 0.1) is 0 Å². The van der Waals surface area contributed by atoms with Gasteiger partial charge >= 0.3 is 0 Å². The van der Waals surface area contributed by atoms with Gasteiger partial charge in [0.2, 0.25) is 0 Å². The van der Waals surface area contributed by atoms with Crippen LogP contribution in [0.3, 0.4) is 0 Å². The zero-order valence-electron chi connectivity index (χ0n) is 28.1. The lowest BCUT2D eigenvalue weighted by Crippen LogP contribution is -1.96. The average molecular weight is 660 g/mol. The Morgan fingerprint density at radius 2 is 1.06 bits per heavy atom. The van der Waals surface area contributed by atoms with Crippen molar-refractivity contribution in [3.8, 4) is 44.8 Å². The van der Waals surface area contributed by atoms with E-state index in [0.29, 0.717) is 0 Å². The molecule has 0 fully saturated rings. The fourth-order valence-corrected chi connectivity index (χ4v) is 9.12. The average Bonchev–Trinajstić information content (AvgIpc) is 3.85. The van der Waals surface area contributed by atoms with Crippen LogP contribution in [0.4, 0.5) is 0 Å². The van der Waals surface area contributed by atoms with E-state index in [2.05, 4.69) is 178 Å². The van der Waals surface area contributed by atoms with Gasteiger partial charge in [0.05, 0.1) is 27.8 Å². The van der Waals surface area contributed by atoms with Gasteiger partial charge in [0.15, 0.2) is 0 Å². The summed E-state index contributed by atoms with van der Waals surface area (Å²) >= 11 is 0. The molecule has 1 aliphatic carbocycles. The number of hydrogen-bond donors (Lipinski definition) is 0. The number of rotatable bonds is 3. The Kier molecular flexibility index (Phi) is 5.50. The molecule has 3 heterocycles. The summed E-state index contributed by atoms with van der Waals surface area (Å²) < 4.78 is 4.87. The molecule has 0 bridgehead atoms. The van der Waals surface area contributed by atoms with Gasteiger partial charge in [0, 0.05) is 50.6 Å². The molecule has 0 aliphatic heterocycles. The van der Waals surface area contributed by atoms with E-state index in [4.69, 9.17) is 0 Å². The maximum absolute atomic E-state index is 4.48. The van der Waals surface area contributed by atoms with Gasteiger partial charge in [-0.3, -0.25) is 4.98 Å². The first-order chi connectivity index (χ1) is 25.8. The third kappa shape index (κ3) is 3.66. The van der Waals surface area contributed by atoms with E-state index in [-0.39, 0.29) is 0 Å². The van der Waals surface area contributed by atoms with Crippen LogP contribution in [0.25, 0.3) is 110 Å². The summed E-state index contributed by atoms with van der Waals surface area (Å²) in [5.74, 6) is 0. The van der Waals surface area contributed by atoms with Crippen molar-refractivity contribution in [2.24, 2.45) is 0 Å². The quantitative estimate of drug-likeness (QED) is 0.185. The smallest absolute Gasteiger partial charge is 0.0547 e. The van der Waals surface area contributed by atoms with Crippen molar-refractivity contribution in [2.75, 3.05) is 0 Å². The summed E-state index contributed by atoms with van der Waals surface area (Å²) in [5.41, 5.74) is 14.6. The summed E-state index contributed by atoms with van der Waals surface area (Å²) in [6, 6.07) is 60.3. The highest BCUT2D eigenvalue weighted by atomic mass is 15.0. The van der Waals surface area contributed by atoms with Crippen molar-refractivity contribution in [2.45, 2.75) is 0 Å². The first kappa shape index (κ1) is 27.8. The highest BCUT2D eigenvalue weighted by Gasteiger charge is 2.24. The molecule has 0 N–H and O–H groups in total. The fraction of sp³-hybridized carbons (Fsp3) is 0. The summed E-state index contributed by atoms with van der Waals surface area (Å²) in [6.45, 7) is 0. The Bertz CT molecular complexity index is 3260. The molecule has 3 heteroatoms. The van der Waals surface area contributed by atoms with Crippen LogP contribution >= 0.6 is 0 Å². The summed E-state index contributed by atoms with van der Waals surface area (Å²) in [6.07, 6.45) is 3.91. The lowest BCUT2D eigenvalue weighted by Gasteiger charge is -2.14. The standard InChI is InChI=1S/C49H29N3/c1-2-10-33(11-3-1)51-43-16-7-6-13-36(43)40-27-31(18-21-45(40)51)32-19-22-46-41(28-32)49-34-12-5-4-9-30(34)17-23-47(49)52(46)44-24-20-38-35-25-26-50-29-42(35)37-14-8-15-39(44)48(37)38/h1-29H. The predicted octanol–water partition coefficient (Wildman–Crippen LogP) is 12.9. The van der Waals surface area contributed by atoms with E-state index in [1.807, 2.05) is 12.4 Å². The zero-order valence-corrected chi connectivity index (χ0v) is 28.1. The highest BCUT2D eigenvalue weighted by molar-refractivity contribution is 6.24. The maximum atomic E-state index is 4.48. The molecule has 12 rings (SSSR count). The van der Waals surface area contributed by atoms with E-state index in [0.717, 1.165) is 0 Å². The summed E-state index contributed by atoms with van der Waals surface area (Å²) in [7, 11) is 0. The molecule has 11 aromatic rings. The topological polar surface area (TPSA) is 22.8 Å². The van der Waals surface area contributed by atoms with Gasteiger partial charge in [-0.15, -0.1) is 0 Å². The molecule has 0 atom stereocenters. The highest BCUT2D eigenvalue weighted by Crippen LogP contribution is 2.49. The molecule has 0 saturated carbocycles. The number of nitrogens with zero attached hydrogens (tertiary/aromatic N) is 3. The van der Waals surface area contributed by atoms with Gasteiger partial charge in [-0.25, -0.2) is 0 Å². The monoisotopic (exact) mass is 659 g/mol. The van der Waals surface area contributed by atoms with Crippen LogP contribution in [0.15, 0.2) is 176 Å². The zero-order chi connectivity index (χ0) is 33.9. The number of pyridine rings is 1. The van der Waals surface area contributed by atoms with Crippen LogP contribution in [-0.4, -0.2) is 14.1 Å². The van der Waals surface area contributed by atoms with Crippen molar-refractivity contribution in [1.29, 1.82) is 0 Å². The van der Waals surface area contributed by atoms with Crippen molar-refractivity contribution >= 4 is 65.2 Å². The van der Waals surface area contributed by atoms with E-state index in [1.54, 1.807) is 0 Å². The van der Waals surface area contributed by atoms with Gasteiger partial charge in [-0.1, -0.05) is 103 Å². The molecular weight excluding hydrogens is 631 g/mol. The van der Waals surface area contributed by atoms with E-state index in [1.165, 1.54) is 110 Å². The largest absolute Gasteiger partial charge is 0.309 e. The Labute approximate surface area is 299 Å². The van der Waals surface area contributed by atoms with E-state index < -0.39 is 0 Å². The molecule has 0 amide bonds. The molecule has 3 nitrogen and oxygen atoms in total. The third-order valence-corrected chi connectivity index (χ3v) is 11.3. The van der Waals surface area contributed by atoms with Crippen LogP contribution in [0.5, 0.6) is 0 Å². The van der Waals surface area contributed by atoms with Crippen molar-refractivity contribution < 1.29 is 0 Å². The number of hydrogen-bond acceptors (Lipinski definition) is 1. The predicted molar refractivity (Wildman–Crippen MR) is 218 cm³/mol. The molecule has 0 radical (unpaired) electrons. The molecular formula is C49H29N3. The van der Waals surface area contributed by atoms with Crippen molar-refractivity contribution in [3.05, 3.63) is 176 Å². The molecule has 52 heavy (non-hydrogen) atoms. The van der Waals surface area contributed by atoms with Gasteiger partial charge < -0.3 is 9.13 Å². The van der Waals surface area contributed by atoms with Gasteiger partial charge in [-0.05, 0) is 105 Å².